The second kappa shape index (κ2) is 6.31. The molecule has 0 spiro atoms. The lowest BCUT2D eigenvalue weighted by atomic mass is 10.0. The lowest BCUT2D eigenvalue weighted by Gasteiger charge is -2.42. The van der Waals surface area contributed by atoms with Gasteiger partial charge in [-0.2, -0.15) is 0 Å². The van der Waals surface area contributed by atoms with E-state index < -0.39 is 10.0 Å². The highest BCUT2D eigenvalue weighted by atomic mass is 32.2. The molecule has 7 heteroatoms. The molecular formula is C14H23N3O3S. The summed E-state index contributed by atoms with van der Waals surface area (Å²) in [6, 6.07) is 6.17. The Morgan fingerprint density at radius 2 is 2.00 bits per heavy atom. The molecule has 1 aliphatic rings. The van der Waals surface area contributed by atoms with Crippen molar-refractivity contribution in [1.29, 1.82) is 0 Å². The van der Waals surface area contributed by atoms with E-state index in [4.69, 9.17) is 9.88 Å². The summed E-state index contributed by atoms with van der Waals surface area (Å²) >= 11 is 0. The van der Waals surface area contributed by atoms with E-state index in [2.05, 4.69) is 24.1 Å². The molecule has 0 saturated carbocycles. The van der Waals surface area contributed by atoms with Crippen LogP contribution < -0.4 is 15.2 Å². The van der Waals surface area contributed by atoms with Gasteiger partial charge in [0.2, 0.25) is 10.0 Å². The number of primary sulfonamides is 1. The third-order valence-corrected chi connectivity index (χ3v) is 4.68. The van der Waals surface area contributed by atoms with Crippen LogP contribution in [-0.2, 0) is 10.0 Å². The fourth-order valence-corrected chi connectivity index (χ4v) is 2.95. The normalized spacial score (nSPS) is 19.4. The van der Waals surface area contributed by atoms with Gasteiger partial charge in [-0.25, -0.2) is 13.6 Å². The number of nitrogens with one attached hydrogen (secondary N) is 1. The van der Waals surface area contributed by atoms with Crippen LogP contribution in [-0.4, -0.2) is 51.6 Å². The van der Waals surface area contributed by atoms with Gasteiger partial charge >= 0.3 is 0 Å². The van der Waals surface area contributed by atoms with Crippen LogP contribution in [0, 0.1) is 0 Å². The minimum absolute atomic E-state index is 0.0955. The van der Waals surface area contributed by atoms with Crippen molar-refractivity contribution in [2.75, 3.05) is 32.8 Å². The maximum atomic E-state index is 11.2. The highest BCUT2D eigenvalue weighted by Gasteiger charge is 2.28. The molecule has 1 aliphatic heterocycles. The first-order valence-corrected chi connectivity index (χ1v) is 8.55. The molecule has 0 aliphatic carbocycles. The van der Waals surface area contributed by atoms with E-state index in [0.29, 0.717) is 12.4 Å². The molecule has 21 heavy (non-hydrogen) atoms. The van der Waals surface area contributed by atoms with Gasteiger partial charge in [0.05, 0.1) is 4.90 Å². The maximum Gasteiger partial charge on any atom is 0.238 e. The van der Waals surface area contributed by atoms with Crippen molar-refractivity contribution in [3.8, 4) is 5.75 Å². The first-order chi connectivity index (χ1) is 9.79. The summed E-state index contributed by atoms with van der Waals surface area (Å²) in [5.74, 6) is 0.648. The SMILES string of the molecule is CC1(C)CNCCN1CCOc1ccc(S(N)(=O)=O)cc1. The number of nitrogens with zero attached hydrogens (tertiary/aromatic N) is 1. The van der Waals surface area contributed by atoms with Crippen molar-refractivity contribution in [1.82, 2.24) is 10.2 Å². The first kappa shape index (κ1) is 16.2. The average molecular weight is 313 g/mol. The Morgan fingerprint density at radius 1 is 1.33 bits per heavy atom. The van der Waals surface area contributed by atoms with Gasteiger partial charge < -0.3 is 10.1 Å². The summed E-state index contributed by atoms with van der Waals surface area (Å²) in [6.45, 7) is 8.78. The lowest BCUT2D eigenvalue weighted by Crippen LogP contribution is -2.58. The van der Waals surface area contributed by atoms with Crippen LogP contribution in [0.1, 0.15) is 13.8 Å². The standard InChI is InChI=1S/C14H23N3O3S/c1-14(2)11-16-7-8-17(14)9-10-20-12-3-5-13(6-4-12)21(15,18)19/h3-6,16H,7-11H2,1-2H3,(H2,15,18,19). The van der Waals surface area contributed by atoms with Crippen LogP contribution >= 0.6 is 0 Å². The molecule has 1 aromatic carbocycles. The van der Waals surface area contributed by atoms with E-state index in [9.17, 15) is 8.42 Å². The molecule has 1 aromatic rings. The van der Waals surface area contributed by atoms with Gasteiger partial charge in [-0.15, -0.1) is 0 Å². The van der Waals surface area contributed by atoms with Crippen LogP contribution in [0.3, 0.4) is 0 Å². The zero-order chi connectivity index (χ0) is 15.5. The largest absolute Gasteiger partial charge is 0.492 e. The fourth-order valence-electron chi connectivity index (χ4n) is 2.44. The third kappa shape index (κ3) is 4.41. The monoisotopic (exact) mass is 313 g/mol. The van der Waals surface area contributed by atoms with E-state index in [1.165, 1.54) is 12.1 Å². The number of nitrogens with two attached hydrogens (primary N) is 1. The van der Waals surface area contributed by atoms with E-state index in [1.54, 1.807) is 12.1 Å². The van der Waals surface area contributed by atoms with Gasteiger partial charge in [0.1, 0.15) is 12.4 Å². The molecule has 0 unspecified atom stereocenters. The fraction of sp³-hybridized carbons (Fsp3) is 0.571. The van der Waals surface area contributed by atoms with Gasteiger partial charge in [0.15, 0.2) is 0 Å². The molecule has 2 rings (SSSR count). The second-order valence-electron chi connectivity index (χ2n) is 5.84. The summed E-state index contributed by atoms with van der Waals surface area (Å²) < 4.78 is 28.0. The van der Waals surface area contributed by atoms with Crippen LogP contribution in [0.25, 0.3) is 0 Å². The molecule has 1 fully saturated rings. The summed E-state index contributed by atoms with van der Waals surface area (Å²) in [7, 11) is -3.64. The minimum Gasteiger partial charge on any atom is -0.492 e. The van der Waals surface area contributed by atoms with E-state index in [-0.39, 0.29) is 10.4 Å². The molecular weight excluding hydrogens is 290 g/mol. The van der Waals surface area contributed by atoms with Crippen molar-refractivity contribution < 1.29 is 13.2 Å². The lowest BCUT2D eigenvalue weighted by molar-refractivity contribution is 0.0743. The smallest absolute Gasteiger partial charge is 0.238 e. The maximum absolute atomic E-state index is 11.2. The Balaban J connectivity index is 1.86. The number of ether oxygens (including phenoxy) is 1. The van der Waals surface area contributed by atoms with Gasteiger partial charge in [-0.3, -0.25) is 4.90 Å². The molecule has 6 nitrogen and oxygen atoms in total. The number of sulfonamides is 1. The average Bonchev–Trinajstić information content (AvgIpc) is 2.40. The van der Waals surface area contributed by atoms with Crippen molar-refractivity contribution in [2.45, 2.75) is 24.3 Å². The van der Waals surface area contributed by atoms with Gasteiger partial charge in [-0.1, -0.05) is 0 Å². The van der Waals surface area contributed by atoms with Crippen molar-refractivity contribution in [3.63, 3.8) is 0 Å². The van der Waals surface area contributed by atoms with E-state index in [1.807, 2.05) is 0 Å². The van der Waals surface area contributed by atoms with E-state index >= 15 is 0 Å². The number of hydrogen-bond acceptors (Lipinski definition) is 5. The Labute approximate surface area is 126 Å². The molecule has 0 atom stereocenters. The highest BCUT2D eigenvalue weighted by molar-refractivity contribution is 7.89. The summed E-state index contributed by atoms with van der Waals surface area (Å²) in [5.41, 5.74) is 0.124. The van der Waals surface area contributed by atoms with Crippen LogP contribution in [0.4, 0.5) is 0 Å². The van der Waals surface area contributed by atoms with E-state index in [0.717, 1.165) is 26.2 Å². The molecule has 0 bridgehead atoms. The molecule has 0 radical (unpaired) electrons. The Morgan fingerprint density at radius 3 is 2.57 bits per heavy atom. The van der Waals surface area contributed by atoms with Gasteiger partial charge in [-0.05, 0) is 38.1 Å². The number of piperazine rings is 1. The Kier molecular flexibility index (Phi) is 4.88. The molecule has 3 N–H and O–H groups in total. The topological polar surface area (TPSA) is 84.7 Å². The van der Waals surface area contributed by atoms with Gasteiger partial charge in [0.25, 0.3) is 0 Å². The van der Waals surface area contributed by atoms with Gasteiger partial charge in [0, 0.05) is 31.7 Å². The molecule has 1 saturated heterocycles. The van der Waals surface area contributed by atoms with Crippen LogP contribution in [0.5, 0.6) is 5.75 Å². The predicted molar refractivity (Wildman–Crippen MR) is 81.8 cm³/mol. The molecule has 0 amide bonds. The second-order valence-corrected chi connectivity index (χ2v) is 7.40. The summed E-state index contributed by atoms with van der Waals surface area (Å²) in [6.07, 6.45) is 0. The third-order valence-electron chi connectivity index (χ3n) is 3.75. The number of hydrogen-bond donors (Lipinski definition) is 2. The summed E-state index contributed by atoms with van der Waals surface area (Å²) in [4.78, 5) is 2.49. The quantitative estimate of drug-likeness (QED) is 0.822. The number of rotatable bonds is 5. The highest BCUT2D eigenvalue weighted by Crippen LogP contribution is 2.17. The zero-order valence-corrected chi connectivity index (χ0v) is 13.3. The van der Waals surface area contributed by atoms with Crippen LogP contribution in [0.2, 0.25) is 0 Å². The minimum atomic E-state index is -3.64. The Bertz CT molecular complexity index is 570. The van der Waals surface area contributed by atoms with Crippen molar-refractivity contribution >= 4 is 10.0 Å². The molecule has 1 heterocycles. The Hall–Kier alpha value is -1.15. The van der Waals surface area contributed by atoms with Crippen molar-refractivity contribution in [2.24, 2.45) is 5.14 Å². The van der Waals surface area contributed by atoms with Crippen LogP contribution in [0.15, 0.2) is 29.2 Å². The predicted octanol–water partition coefficient (Wildman–Crippen LogP) is 0.397. The molecule has 0 aromatic heterocycles. The van der Waals surface area contributed by atoms with Crippen molar-refractivity contribution in [3.05, 3.63) is 24.3 Å². The first-order valence-electron chi connectivity index (χ1n) is 7.00. The summed E-state index contributed by atoms with van der Waals surface area (Å²) in [5, 5.41) is 8.44. The zero-order valence-electron chi connectivity index (χ0n) is 12.5. The molecule has 118 valence electrons. The number of benzene rings is 1.